The average Bonchev–Trinajstić information content (AvgIpc) is 2.36. The number of halogens is 3. The highest BCUT2D eigenvalue weighted by molar-refractivity contribution is 9.10. The van der Waals surface area contributed by atoms with Gasteiger partial charge in [-0.3, -0.25) is 0 Å². The second-order valence-corrected chi connectivity index (χ2v) is 5.50. The van der Waals surface area contributed by atoms with E-state index in [-0.39, 0.29) is 0 Å². The van der Waals surface area contributed by atoms with E-state index in [1.165, 1.54) is 0 Å². The van der Waals surface area contributed by atoms with Crippen molar-refractivity contribution in [3.8, 4) is 11.5 Å². The van der Waals surface area contributed by atoms with E-state index in [4.69, 9.17) is 27.9 Å². The van der Waals surface area contributed by atoms with E-state index in [2.05, 4.69) is 15.9 Å². The van der Waals surface area contributed by atoms with E-state index in [0.717, 1.165) is 21.3 Å². The van der Waals surface area contributed by atoms with Gasteiger partial charge in [0.1, 0.15) is 11.5 Å². The van der Waals surface area contributed by atoms with Crippen molar-refractivity contribution in [3.63, 3.8) is 0 Å². The predicted octanol–water partition coefficient (Wildman–Crippen LogP) is 5.94. The summed E-state index contributed by atoms with van der Waals surface area (Å²) in [5.41, 5.74) is 2.02. The van der Waals surface area contributed by atoms with Crippen molar-refractivity contribution in [3.05, 3.63) is 57.0 Å². The van der Waals surface area contributed by atoms with Crippen LogP contribution in [-0.2, 0) is 5.88 Å². The average molecular weight is 346 g/mol. The van der Waals surface area contributed by atoms with Crippen LogP contribution < -0.4 is 4.74 Å². The number of alkyl halides is 1. The summed E-state index contributed by atoms with van der Waals surface area (Å²) in [5.74, 6) is 1.85. The smallest absolute Gasteiger partial charge is 0.146 e. The van der Waals surface area contributed by atoms with Crippen molar-refractivity contribution in [1.82, 2.24) is 0 Å². The summed E-state index contributed by atoms with van der Waals surface area (Å²) in [4.78, 5) is 0. The number of benzene rings is 2. The minimum atomic E-state index is 0.440. The highest BCUT2D eigenvalue weighted by atomic mass is 79.9. The molecule has 0 N–H and O–H groups in total. The van der Waals surface area contributed by atoms with Gasteiger partial charge < -0.3 is 4.74 Å². The lowest BCUT2D eigenvalue weighted by Gasteiger charge is -2.11. The normalized spacial score (nSPS) is 10.4. The summed E-state index contributed by atoms with van der Waals surface area (Å²) in [5, 5.41) is 0.563. The molecule has 0 atom stereocenters. The van der Waals surface area contributed by atoms with Gasteiger partial charge in [0.05, 0.1) is 5.02 Å². The standard InChI is InChI=1S/C14H11BrCl2O/c1-9-2-4-11(15)7-14(9)18-13-5-3-10(8-16)6-12(13)17/h2-7H,8H2,1H3. The molecule has 2 rings (SSSR count). The maximum absolute atomic E-state index is 6.15. The molecule has 2 aromatic rings. The summed E-state index contributed by atoms with van der Waals surface area (Å²) in [7, 11) is 0. The van der Waals surface area contributed by atoms with Gasteiger partial charge in [0.25, 0.3) is 0 Å². The number of rotatable bonds is 3. The van der Waals surface area contributed by atoms with Gasteiger partial charge in [-0.1, -0.05) is 39.7 Å². The zero-order chi connectivity index (χ0) is 13.1. The van der Waals surface area contributed by atoms with Crippen LogP contribution in [0.4, 0.5) is 0 Å². The molecule has 0 saturated carbocycles. The molecule has 18 heavy (non-hydrogen) atoms. The third-order valence-corrected chi connectivity index (χ3v) is 3.62. The van der Waals surface area contributed by atoms with E-state index in [1.807, 2.05) is 43.3 Å². The Bertz CT molecular complexity index is 570. The van der Waals surface area contributed by atoms with Crippen LogP contribution in [0.5, 0.6) is 11.5 Å². The van der Waals surface area contributed by atoms with E-state index in [9.17, 15) is 0 Å². The molecule has 2 aromatic carbocycles. The van der Waals surface area contributed by atoms with E-state index < -0.39 is 0 Å². The second kappa shape index (κ2) is 5.96. The first-order chi connectivity index (χ1) is 8.60. The third-order valence-electron chi connectivity index (χ3n) is 2.52. The van der Waals surface area contributed by atoms with Crippen molar-refractivity contribution < 1.29 is 4.74 Å². The van der Waals surface area contributed by atoms with Gasteiger partial charge in [-0.2, -0.15) is 0 Å². The molecular weight excluding hydrogens is 335 g/mol. The molecule has 0 spiro atoms. The van der Waals surface area contributed by atoms with E-state index >= 15 is 0 Å². The van der Waals surface area contributed by atoms with Gasteiger partial charge in [0, 0.05) is 10.4 Å². The third kappa shape index (κ3) is 3.19. The Hall–Kier alpha value is -0.700. The minimum absolute atomic E-state index is 0.440. The topological polar surface area (TPSA) is 9.23 Å². The molecule has 0 saturated heterocycles. The van der Waals surface area contributed by atoms with Crippen molar-refractivity contribution >= 4 is 39.1 Å². The Balaban J connectivity index is 2.31. The zero-order valence-electron chi connectivity index (χ0n) is 9.71. The molecule has 0 bridgehead atoms. The van der Waals surface area contributed by atoms with E-state index in [1.54, 1.807) is 0 Å². The van der Waals surface area contributed by atoms with Crippen LogP contribution in [0, 0.1) is 6.92 Å². The van der Waals surface area contributed by atoms with Crippen molar-refractivity contribution in [2.24, 2.45) is 0 Å². The van der Waals surface area contributed by atoms with Crippen LogP contribution in [-0.4, -0.2) is 0 Å². The Morgan fingerprint density at radius 2 is 1.89 bits per heavy atom. The van der Waals surface area contributed by atoms with Crippen LogP contribution in [0.25, 0.3) is 0 Å². The lowest BCUT2D eigenvalue weighted by molar-refractivity contribution is 0.478. The molecule has 0 aliphatic rings. The molecule has 0 fully saturated rings. The highest BCUT2D eigenvalue weighted by Gasteiger charge is 2.07. The SMILES string of the molecule is Cc1ccc(Br)cc1Oc1ccc(CCl)cc1Cl. The summed E-state index contributed by atoms with van der Waals surface area (Å²) in [6.07, 6.45) is 0. The van der Waals surface area contributed by atoms with Gasteiger partial charge in [-0.25, -0.2) is 0 Å². The van der Waals surface area contributed by atoms with Gasteiger partial charge in [-0.15, -0.1) is 11.6 Å². The maximum Gasteiger partial charge on any atom is 0.146 e. The molecule has 0 aliphatic heterocycles. The number of aryl methyl sites for hydroxylation is 1. The lowest BCUT2D eigenvalue weighted by atomic mass is 10.2. The van der Waals surface area contributed by atoms with E-state index in [0.29, 0.717) is 16.7 Å². The fraction of sp³-hybridized carbons (Fsp3) is 0.143. The quantitative estimate of drug-likeness (QED) is 0.625. The molecule has 94 valence electrons. The van der Waals surface area contributed by atoms with Crippen LogP contribution in [0.15, 0.2) is 40.9 Å². The summed E-state index contributed by atoms with van der Waals surface area (Å²) in [6, 6.07) is 11.4. The molecule has 0 heterocycles. The summed E-state index contributed by atoms with van der Waals surface area (Å²) < 4.78 is 6.78. The molecular formula is C14H11BrCl2O. The first-order valence-electron chi connectivity index (χ1n) is 5.38. The second-order valence-electron chi connectivity index (χ2n) is 3.91. The number of hydrogen-bond acceptors (Lipinski definition) is 1. The monoisotopic (exact) mass is 344 g/mol. The Kier molecular flexibility index (Phi) is 4.55. The van der Waals surface area contributed by atoms with Gasteiger partial charge in [0.2, 0.25) is 0 Å². The van der Waals surface area contributed by atoms with Gasteiger partial charge in [0.15, 0.2) is 0 Å². The fourth-order valence-electron chi connectivity index (χ4n) is 1.51. The number of ether oxygens (including phenoxy) is 1. The fourth-order valence-corrected chi connectivity index (χ4v) is 2.26. The van der Waals surface area contributed by atoms with Crippen molar-refractivity contribution in [2.45, 2.75) is 12.8 Å². The zero-order valence-corrected chi connectivity index (χ0v) is 12.8. The summed E-state index contributed by atoms with van der Waals surface area (Å²) in [6.45, 7) is 1.99. The first kappa shape index (κ1) is 13.7. The molecule has 4 heteroatoms. The lowest BCUT2D eigenvalue weighted by Crippen LogP contribution is -1.89. The Morgan fingerprint density at radius 3 is 2.56 bits per heavy atom. The number of hydrogen-bond donors (Lipinski definition) is 0. The molecule has 0 aliphatic carbocycles. The molecule has 0 aromatic heterocycles. The van der Waals surface area contributed by atoms with Crippen LogP contribution in [0.2, 0.25) is 5.02 Å². The Labute approximate surface area is 125 Å². The molecule has 0 amide bonds. The highest BCUT2D eigenvalue weighted by Crippen LogP contribution is 2.33. The predicted molar refractivity (Wildman–Crippen MR) is 80.0 cm³/mol. The minimum Gasteiger partial charge on any atom is -0.455 e. The molecule has 0 unspecified atom stereocenters. The van der Waals surface area contributed by atoms with Crippen molar-refractivity contribution in [1.29, 1.82) is 0 Å². The summed E-state index contributed by atoms with van der Waals surface area (Å²) >= 11 is 15.3. The van der Waals surface area contributed by atoms with Gasteiger partial charge >= 0.3 is 0 Å². The molecule has 1 nitrogen and oxygen atoms in total. The van der Waals surface area contributed by atoms with Crippen LogP contribution in [0.3, 0.4) is 0 Å². The van der Waals surface area contributed by atoms with Crippen LogP contribution >= 0.6 is 39.1 Å². The largest absolute Gasteiger partial charge is 0.455 e. The van der Waals surface area contributed by atoms with Crippen molar-refractivity contribution in [2.75, 3.05) is 0 Å². The Morgan fingerprint density at radius 1 is 1.11 bits per heavy atom. The first-order valence-corrected chi connectivity index (χ1v) is 7.09. The van der Waals surface area contributed by atoms with Crippen LogP contribution in [0.1, 0.15) is 11.1 Å². The molecule has 0 radical (unpaired) electrons. The van der Waals surface area contributed by atoms with Gasteiger partial charge in [-0.05, 0) is 42.3 Å². The maximum atomic E-state index is 6.15.